The summed E-state index contributed by atoms with van der Waals surface area (Å²) in [5, 5.41) is 0. The molecule has 2 N–H and O–H groups in total. The fourth-order valence-corrected chi connectivity index (χ4v) is 2.64. The number of nitrogens with two attached hydrogens (primary N) is 1. The zero-order valence-electron chi connectivity index (χ0n) is 12.3. The van der Waals surface area contributed by atoms with Gasteiger partial charge in [-0.1, -0.05) is 12.1 Å². The Morgan fingerprint density at radius 2 is 1.95 bits per heavy atom. The van der Waals surface area contributed by atoms with E-state index in [4.69, 9.17) is 10.5 Å². The number of rotatable bonds is 4. The Hall–Kier alpha value is -1.76. The van der Waals surface area contributed by atoms with Crippen LogP contribution in [0.15, 0.2) is 24.3 Å². The molecule has 7 heteroatoms. The molecular formula is C15H19F3N2O2. The highest BCUT2D eigenvalue weighted by atomic mass is 19.4. The van der Waals surface area contributed by atoms with E-state index in [0.717, 1.165) is 5.56 Å². The highest BCUT2D eigenvalue weighted by Gasteiger charge is 2.35. The van der Waals surface area contributed by atoms with E-state index in [9.17, 15) is 18.0 Å². The van der Waals surface area contributed by atoms with Gasteiger partial charge in [-0.25, -0.2) is 0 Å². The number of methoxy groups -OCH3 is 1. The van der Waals surface area contributed by atoms with Crippen LogP contribution in [-0.4, -0.2) is 43.2 Å². The molecule has 0 bridgehead atoms. The van der Waals surface area contributed by atoms with Crippen LogP contribution in [0.2, 0.25) is 0 Å². The Morgan fingerprint density at radius 3 is 2.50 bits per heavy atom. The van der Waals surface area contributed by atoms with Crippen molar-refractivity contribution in [3.8, 4) is 5.75 Å². The van der Waals surface area contributed by atoms with Crippen LogP contribution in [0.3, 0.4) is 0 Å². The summed E-state index contributed by atoms with van der Waals surface area (Å²) in [6.07, 6.45) is -5.93. The third-order valence-electron chi connectivity index (χ3n) is 3.88. The highest BCUT2D eigenvalue weighted by molar-refractivity contribution is 5.76. The van der Waals surface area contributed by atoms with Gasteiger partial charge in [-0.3, -0.25) is 4.79 Å². The highest BCUT2D eigenvalue weighted by Crippen LogP contribution is 2.29. The van der Waals surface area contributed by atoms with E-state index >= 15 is 0 Å². The molecule has 1 aromatic carbocycles. The predicted octanol–water partition coefficient (Wildman–Crippen LogP) is 2.29. The summed E-state index contributed by atoms with van der Waals surface area (Å²) < 4.78 is 41.6. The van der Waals surface area contributed by atoms with Crippen molar-refractivity contribution in [1.29, 1.82) is 0 Å². The van der Waals surface area contributed by atoms with E-state index in [2.05, 4.69) is 0 Å². The molecule has 4 nitrogen and oxygen atoms in total. The molecule has 1 heterocycles. The molecule has 22 heavy (non-hydrogen) atoms. The number of halogens is 3. The molecule has 122 valence electrons. The van der Waals surface area contributed by atoms with E-state index < -0.39 is 24.9 Å². The van der Waals surface area contributed by atoms with E-state index in [1.54, 1.807) is 19.2 Å². The maximum atomic E-state index is 12.2. The molecule has 1 amide bonds. The van der Waals surface area contributed by atoms with E-state index in [1.165, 1.54) is 4.90 Å². The first-order valence-electron chi connectivity index (χ1n) is 7.04. The van der Waals surface area contributed by atoms with Gasteiger partial charge in [0.05, 0.1) is 13.5 Å². The van der Waals surface area contributed by atoms with Gasteiger partial charge in [0.2, 0.25) is 5.91 Å². The molecule has 1 fully saturated rings. The third-order valence-corrected chi connectivity index (χ3v) is 3.88. The Labute approximate surface area is 127 Å². The van der Waals surface area contributed by atoms with Crippen molar-refractivity contribution < 1.29 is 22.7 Å². The van der Waals surface area contributed by atoms with Crippen LogP contribution in [0.4, 0.5) is 13.2 Å². The summed E-state index contributed by atoms with van der Waals surface area (Å²) >= 11 is 0. The van der Waals surface area contributed by atoms with Crippen molar-refractivity contribution in [2.75, 3.05) is 20.2 Å². The van der Waals surface area contributed by atoms with Gasteiger partial charge in [0.25, 0.3) is 0 Å². The van der Waals surface area contributed by atoms with E-state index in [0.29, 0.717) is 12.3 Å². The van der Waals surface area contributed by atoms with Crippen LogP contribution in [0, 0.1) is 0 Å². The van der Waals surface area contributed by atoms with Crippen LogP contribution in [0.1, 0.15) is 24.3 Å². The van der Waals surface area contributed by atoms with Gasteiger partial charge in [-0.15, -0.1) is 0 Å². The smallest absolute Gasteiger partial charge is 0.389 e. The van der Waals surface area contributed by atoms with Gasteiger partial charge in [0.1, 0.15) is 5.75 Å². The molecule has 1 aliphatic heterocycles. The number of alkyl halides is 3. The topological polar surface area (TPSA) is 55.6 Å². The number of carbonyl (C=O) groups excluding carboxylic acids is 1. The van der Waals surface area contributed by atoms with Gasteiger partial charge in [-0.2, -0.15) is 13.2 Å². The van der Waals surface area contributed by atoms with Crippen molar-refractivity contribution in [1.82, 2.24) is 4.90 Å². The first-order chi connectivity index (χ1) is 10.3. The average Bonchev–Trinajstić information content (AvgIpc) is 2.86. The van der Waals surface area contributed by atoms with Gasteiger partial charge in [0, 0.05) is 31.5 Å². The van der Waals surface area contributed by atoms with Gasteiger partial charge >= 0.3 is 6.18 Å². The minimum absolute atomic E-state index is 0.0688. The zero-order valence-corrected chi connectivity index (χ0v) is 12.3. The van der Waals surface area contributed by atoms with Crippen molar-refractivity contribution in [2.24, 2.45) is 5.73 Å². The summed E-state index contributed by atoms with van der Waals surface area (Å²) in [7, 11) is 1.57. The molecule has 0 aromatic heterocycles. The number of ether oxygens (including phenoxy) is 1. The SMILES string of the molecule is COc1ccc([C@@H]2CN(C(=O)CCC(F)(F)F)C[C@H]2N)cc1. The molecule has 2 atom stereocenters. The first-order valence-corrected chi connectivity index (χ1v) is 7.04. The number of benzene rings is 1. The molecule has 0 saturated carbocycles. The quantitative estimate of drug-likeness (QED) is 0.927. The summed E-state index contributed by atoms with van der Waals surface area (Å²) in [5.74, 6) is 0.151. The summed E-state index contributed by atoms with van der Waals surface area (Å²) in [6, 6.07) is 7.06. The van der Waals surface area contributed by atoms with Crippen molar-refractivity contribution in [2.45, 2.75) is 31.0 Å². The minimum atomic E-state index is -4.31. The second kappa shape index (κ2) is 6.56. The second-order valence-corrected chi connectivity index (χ2v) is 5.46. The lowest BCUT2D eigenvalue weighted by molar-refractivity contribution is -0.148. The van der Waals surface area contributed by atoms with Crippen molar-refractivity contribution in [3.05, 3.63) is 29.8 Å². The molecule has 1 saturated heterocycles. The Kier molecular flexibility index (Phi) is 4.95. The van der Waals surface area contributed by atoms with Crippen molar-refractivity contribution >= 4 is 5.91 Å². The zero-order chi connectivity index (χ0) is 16.3. The molecule has 2 rings (SSSR count). The van der Waals surface area contributed by atoms with E-state index in [-0.39, 0.29) is 18.5 Å². The minimum Gasteiger partial charge on any atom is -0.497 e. The Balaban J connectivity index is 1.97. The molecule has 0 unspecified atom stereocenters. The normalized spacial score (nSPS) is 22.0. The number of carbonyl (C=O) groups is 1. The Morgan fingerprint density at radius 1 is 1.32 bits per heavy atom. The predicted molar refractivity (Wildman–Crippen MR) is 75.6 cm³/mol. The lowest BCUT2D eigenvalue weighted by Gasteiger charge is -2.17. The van der Waals surface area contributed by atoms with Gasteiger partial charge in [0.15, 0.2) is 0 Å². The largest absolute Gasteiger partial charge is 0.497 e. The van der Waals surface area contributed by atoms with Crippen LogP contribution in [-0.2, 0) is 4.79 Å². The van der Waals surface area contributed by atoms with E-state index in [1.807, 2.05) is 12.1 Å². The lowest BCUT2D eigenvalue weighted by atomic mass is 9.95. The summed E-state index contributed by atoms with van der Waals surface area (Å²) in [6.45, 7) is 0.636. The summed E-state index contributed by atoms with van der Waals surface area (Å²) in [4.78, 5) is 13.3. The van der Waals surface area contributed by atoms with Gasteiger partial charge in [-0.05, 0) is 17.7 Å². The maximum absolute atomic E-state index is 12.2. The fourth-order valence-electron chi connectivity index (χ4n) is 2.64. The van der Waals surface area contributed by atoms with Crippen LogP contribution in [0.5, 0.6) is 5.75 Å². The van der Waals surface area contributed by atoms with Crippen molar-refractivity contribution in [3.63, 3.8) is 0 Å². The number of amides is 1. The fraction of sp³-hybridized carbons (Fsp3) is 0.533. The lowest BCUT2D eigenvalue weighted by Crippen LogP contribution is -2.32. The molecule has 1 aliphatic rings. The standard InChI is InChI=1S/C15H19F3N2O2/c1-22-11-4-2-10(3-5-11)12-8-20(9-13(12)19)14(21)6-7-15(16,17)18/h2-5,12-13H,6-9,19H2,1H3/t12-,13+/m0/s1. The number of likely N-dealkylation sites (tertiary alicyclic amines) is 1. The molecule has 0 aliphatic carbocycles. The van der Waals surface area contributed by atoms with Crippen LogP contribution >= 0.6 is 0 Å². The average molecular weight is 316 g/mol. The number of hydrogen-bond acceptors (Lipinski definition) is 3. The second-order valence-electron chi connectivity index (χ2n) is 5.46. The molecule has 0 radical (unpaired) electrons. The molecular weight excluding hydrogens is 297 g/mol. The van der Waals surface area contributed by atoms with Gasteiger partial charge < -0.3 is 15.4 Å². The summed E-state index contributed by atoms with van der Waals surface area (Å²) in [5.41, 5.74) is 7.00. The monoisotopic (exact) mass is 316 g/mol. The van der Waals surface area contributed by atoms with Crippen LogP contribution < -0.4 is 10.5 Å². The maximum Gasteiger partial charge on any atom is 0.389 e. The molecule has 0 spiro atoms. The third kappa shape index (κ3) is 4.13. The Bertz CT molecular complexity index is 517. The molecule has 1 aromatic rings. The number of nitrogens with zero attached hydrogens (tertiary/aromatic N) is 1. The first kappa shape index (κ1) is 16.6. The number of hydrogen-bond donors (Lipinski definition) is 1. The van der Waals surface area contributed by atoms with Crippen LogP contribution in [0.25, 0.3) is 0 Å².